The molecular weight excluding hydrogens is 404 g/mol. The zero-order valence-corrected chi connectivity index (χ0v) is 16.5. The van der Waals surface area contributed by atoms with Gasteiger partial charge in [0.25, 0.3) is 11.2 Å². The molecule has 0 spiro atoms. The summed E-state index contributed by atoms with van der Waals surface area (Å²) in [7, 11) is 1.57. The maximum atomic E-state index is 12.6. The fourth-order valence-corrected chi connectivity index (χ4v) is 3.88. The van der Waals surface area contributed by atoms with Crippen molar-refractivity contribution in [1.29, 1.82) is 0 Å². The van der Waals surface area contributed by atoms with E-state index in [-0.39, 0.29) is 27.5 Å². The van der Waals surface area contributed by atoms with E-state index in [2.05, 4.69) is 9.97 Å². The Kier molecular flexibility index (Phi) is 5.11. The number of carbonyl (C=O) groups excluding carboxylic acids is 1. The molecule has 0 amide bonds. The molecule has 2 heterocycles. The molecule has 9 heteroatoms. The molecule has 0 N–H and O–H groups in total. The van der Waals surface area contributed by atoms with Gasteiger partial charge >= 0.3 is 0 Å². The Bertz CT molecular complexity index is 1350. The first-order chi connectivity index (χ1) is 14.5. The molecule has 0 aliphatic carbocycles. The van der Waals surface area contributed by atoms with Gasteiger partial charge in [-0.1, -0.05) is 12.1 Å². The average molecular weight is 418 g/mol. The van der Waals surface area contributed by atoms with Crippen LogP contribution in [0.1, 0.15) is 15.9 Å². The first kappa shape index (κ1) is 19.5. The Hall–Kier alpha value is -3.85. The van der Waals surface area contributed by atoms with Crippen LogP contribution in [0.5, 0.6) is 0 Å². The van der Waals surface area contributed by atoms with E-state index in [4.69, 9.17) is 0 Å². The Labute approximate surface area is 174 Å². The minimum absolute atomic E-state index is 0.192. The van der Waals surface area contributed by atoms with E-state index < -0.39 is 4.92 Å². The smallest absolute Gasteiger partial charge is 0.284 e. The molecule has 0 aliphatic heterocycles. The van der Waals surface area contributed by atoms with E-state index in [1.165, 1.54) is 35.2 Å². The zero-order chi connectivity index (χ0) is 21.3. The van der Waals surface area contributed by atoms with Crippen molar-refractivity contribution >= 4 is 34.1 Å². The standard InChI is InChI=1S/C21H14N4O4S/c1-24-20(27)15-4-2-3-5-16(15)23-21(24)30-18-7-6-14(12-17(18)25(28)29)19(26)13-8-10-22-11-9-13/h2-12H,1H3. The van der Waals surface area contributed by atoms with Crippen LogP contribution in [0.15, 0.2) is 81.8 Å². The topological polar surface area (TPSA) is 108 Å². The van der Waals surface area contributed by atoms with Crippen molar-refractivity contribution in [2.45, 2.75) is 10.1 Å². The molecule has 0 saturated heterocycles. The molecule has 0 unspecified atom stereocenters. The van der Waals surface area contributed by atoms with Gasteiger partial charge in [-0.2, -0.15) is 0 Å². The number of pyridine rings is 1. The van der Waals surface area contributed by atoms with E-state index in [9.17, 15) is 19.7 Å². The van der Waals surface area contributed by atoms with Crippen LogP contribution >= 0.6 is 11.8 Å². The van der Waals surface area contributed by atoms with E-state index in [1.54, 1.807) is 43.4 Å². The molecule has 0 fully saturated rings. The van der Waals surface area contributed by atoms with Crippen molar-refractivity contribution in [3.05, 3.63) is 98.6 Å². The molecule has 4 rings (SSSR count). The van der Waals surface area contributed by atoms with Gasteiger partial charge in [0.2, 0.25) is 0 Å². The number of nitrogens with zero attached hydrogens (tertiary/aromatic N) is 4. The van der Waals surface area contributed by atoms with Crippen molar-refractivity contribution in [3.8, 4) is 0 Å². The molecule has 0 saturated carbocycles. The minimum Gasteiger partial charge on any atom is -0.290 e. The summed E-state index contributed by atoms with van der Waals surface area (Å²) in [6, 6.07) is 14.3. The fraction of sp³-hybridized carbons (Fsp3) is 0.0476. The third-order valence-electron chi connectivity index (χ3n) is 4.50. The lowest BCUT2D eigenvalue weighted by Crippen LogP contribution is -2.19. The molecule has 2 aromatic heterocycles. The second-order valence-electron chi connectivity index (χ2n) is 6.38. The first-order valence-corrected chi connectivity index (χ1v) is 9.64. The van der Waals surface area contributed by atoms with Crippen LogP contribution in [0.2, 0.25) is 0 Å². The summed E-state index contributed by atoms with van der Waals surface area (Å²) in [6.45, 7) is 0. The average Bonchev–Trinajstić information content (AvgIpc) is 2.77. The lowest BCUT2D eigenvalue weighted by molar-refractivity contribution is -0.387. The van der Waals surface area contributed by atoms with Crippen molar-refractivity contribution < 1.29 is 9.72 Å². The van der Waals surface area contributed by atoms with Gasteiger partial charge in [-0.25, -0.2) is 4.98 Å². The van der Waals surface area contributed by atoms with Gasteiger partial charge < -0.3 is 0 Å². The van der Waals surface area contributed by atoms with Crippen molar-refractivity contribution in [1.82, 2.24) is 14.5 Å². The fourth-order valence-electron chi connectivity index (χ4n) is 2.94. The number of ketones is 1. The molecule has 148 valence electrons. The van der Waals surface area contributed by atoms with Crippen LogP contribution in [0, 0.1) is 10.1 Å². The van der Waals surface area contributed by atoms with Crippen LogP contribution in [-0.2, 0) is 7.05 Å². The van der Waals surface area contributed by atoms with E-state index in [1.807, 2.05) is 0 Å². The van der Waals surface area contributed by atoms with E-state index in [0.29, 0.717) is 21.6 Å². The summed E-state index contributed by atoms with van der Waals surface area (Å²) in [5.74, 6) is -0.340. The van der Waals surface area contributed by atoms with Crippen LogP contribution in [0.3, 0.4) is 0 Å². The van der Waals surface area contributed by atoms with Gasteiger partial charge in [0.05, 0.1) is 20.7 Å². The number of hydrogen-bond acceptors (Lipinski definition) is 7. The number of rotatable bonds is 5. The monoisotopic (exact) mass is 418 g/mol. The molecule has 0 radical (unpaired) electrons. The highest BCUT2D eigenvalue weighted by molar-refractivity contribution is 7.99. The largest absolute Gasteiger partial charge is 0.290 e. The van der Waals surface area contributed by atoms with Gasteiger partial charge in [0.1, 0.15) is 0 Å². The lowest BCUT2D eigenvalue weighted by Gasteiger charge is -2.09. The normalized spacial score (nSPS) is 10.8. The third kappa shape index (κ3) is 3.58. The molecule has 4 aromatic rings. The second-order valence-corrected chi connectivity index (χ2v) is 7.39. The molecule has 8 nitrogen and oxygen atoms in total. The van der Waals surface area contributed by atoms with Gasteiger partial charge in [-0.15, -0.1) is 0 Å². The number of nitro groups is 1. The van der Waals surface area contributed by atoms with Crippen molar-refractivity contribution in [2.75, 3.05) is 0 Å². The van der Waals surface area contributed by atoms with Crippen LogP contribution in [0.4, 0.5) is 5.69 Å². The van der Waals surface area contributed by atoms with Gasteiger partial charge in [0, 0.05) is 36.6 Å². The van der Waals surface area contributed by atoms with Crippen LogP contribution in [0.25, 0.3) is 10.9 Å². The molecule has 30 heavy (non-hydrogen) atoms. The first-order valence-electron chi connectivity index (χ1n) is 8.82. The summed E-state index contributed by atoms with van der Waals surface area (Å²) >= 11 is 1.00. The van der Waals surface area contributed by atoms with Gasteiger partial charge in [-0.3, -0.25) is 29.3 Å². The number of carbonyl (C=O) groups is 1. The Morgan fingerprint density at radius 2 is 1.80 bits per heavy atom. The quantitative estimate of drug-likeness (QED) is 0.211. The van der Waals surface area contributed by atoms with Gasteiger partial charge in [-0.05, 0) is 48.2 Å². The highest BCUT2D eigenvalue weighted by Crippen LogP contribution is 2.34. The highest BCUT2D eigenvalue weighted by atomic mass is 32.2. The Morgan fingerprint density at radius 1 is 1.07 bits per heavy atom. The summed E-state index contributed by atoms with van der Waals surface area (Å²) < 4.78 is 1.35. The van der Waals surface area contributed by atoms with E-state index in [0.717, 1.165) is 11.8 Å². The third-order valence-corrected chi connectivity index (χ3v) is 5.62. The maximum absolute atomic E-state index is 12.6. The molecule has 0 aliphatic rings. The second kappa shape index (κ2) is 7.88. The molecule has 2 aromatic carbocycles. The van der Waals surface area contributed by atoms with Crippen LogP contribution in [-0.4, -0.2) is 25.2 Å². The maximum Gasteiger partial charge on any atom is 0.284 e. The van der Waals surface area contributed by atoms with Crippen molar-refractivity contribution in [3.63, 3.8) is 0 Å². The summed E-state index contributed by atoms with van der Waals surface area (Å²) in [5.41, 5.74) is 0.615. The number of benzene rings is 2. The highest BCUT2D eigenvalue weighted by Gasteiger charge is 2.21. The van der Waals surface area contributed by atoms with Crippen LogP contribution < -0.4 is 5.56 Å². The SMILES string of the molecule is Cn1c(Sc2ccc(C(=O)c3ccncc3)cc2[N+](=O)[O-])nc2ccccc2c1=O. The summed E-state index contributed by atoms with van der Waals surface area (Å²) in [5, 5.41) is 12.5. The predicted molar refractivity (Wildman–Crippen MR) is 112 cm³/mol. The number of nitro benzene ring substituents is 1. The molecule has 0 bridgehead atoms. The van der Waals surface area contributed by atoms with Gasteiger partial charge in [0.15, 0.2) is 10.9 Å². The Morgan fingerprint density at radius 3 is 2.53 bits per heavy atom. The van der Waals surface area contributed by atoms with Crippen molar-refractivity contribution in [2.24, 2.45) is 7.05 Å². The predicted octanol–water partition coefficient (Wildman–Crippen LogP) is 3.62. The number of para-hydroxylation sites is 1. The number of aromatic nitrogens is 3. The minimum atomic E-state index is -0.551. The van der Waals surface area contributed by atoms with E-state index >= 15 is 0 Å². The summed E-state index contributed by atoms with van der Waals surface area (Å²) in [6.07, 6.45) is 2.97. The number of fused-ring (bicyclic) bond motifs is 1. The zero-order valence-electron chi connectivity index (χ0n) is 15.7. The molecular formula is C21H14N4O4S. The lowest BCUT2D eigenvalue weighted by atomic mass is 10.0. The molecule has 0 atom stereocenters. The number of hydrogen-bond donors (Lipinski definition) is 0. The summed E-state index contributed by atoms with van der Waals surface area (Å²) in [4.78, 5) is 44.9. The Balaban J connectivity index is 1.76.